The van der Waals surface area contributed by atoms with Gasteiger partial charge in [-0.15, -0.1) is 0 Å². The highest BCUT2D eigenvalue weighted by atomic mass is 16.5. The summed E-state index contributed by atoms with van der Waals surface area (Å²) in [6, 6.07) is 5.84. The Bertz CT molecular complexity index is 730. The van der Waals surface area contributed by atoms with Crippen LogP contribution in [0, 0.1) is 6.92 Å². The zero-order chi connectivity index (χ0) is 16.4. The van der Waals surface area contributed by atoms with Gasteiger partial charge in [-0.25, -0.2) is 0 Å². The molecule has 0 unspecified atom stereocenters. The monoisotopic (exact) mass is 315 g/mol. The number of fused-ring (bicyclic) bond motifs is 1. The Morgan fingerprint density at radius 2 is 2.04 bits per heavy atom. The second-order valence-corrected chi connectivity index (χ2v) is 5.84. The Morgan fingerprint density at radius 1 is 1.30 bits per heavy atom. The average Bonchev–Trinajstić information content (AvgIpc) is 2.89. The van der Waals surface area contributed by atoms with Gasteiger partial charge in [0.05, 0.1) is 13.5 Å². The Morgan fingerprint density at radius 3 is 2.70 bits per heavy atom. The van der Waals surface area contributed by atoms with Crippen molar-refractivity contribution in [1.29, 1.82) is 0 Å². The first-order valence-corrected chi connectivity index (χ1v) is 7.74. The zero-order valence-corrected chi connectivity index (χ0v) is 13.5. The van der Waals surface area contributed by atoms with Crippen LogP contribution >= 0.6 is 0 Å². The van der Waals surface area contributed by atoms with Gasteiger partial charge in [0.1, 0.15) is 5.75 Å². The van der Waals surface area contributed by atoms with Crippen LogP contribution in [0.15, 0.2) is 18.2 Å². The number of hydrogen-bond donors (Lipinski definition) is 1. The van der Waals surface area contributed by atoms with Gasteiger partial charge in [0, 0.05) is 42.8 Å². The van der Waals surface area contributed by atoms with E-state index in [-0.39, 0.29) is 5.91 Å². The van der Waals surface area contributed by atoms with Crippen molar-refractivity contribution in [3.05, 3.63) is 29.5 Å². The van der Waals surface area contributed by atoms with Gasteiger partial charge < -0.3 is 19.5 Å². The molecule has 6 nitrogen and oxygen atoms in total. The fraction of sp³-hybridized carbons (Fsp3) is 0.412. The topological polar surface area (TPSA) is 65.6 Å². The number of nitrogens with zero attached hydrogens (tertiary/aromatic N) is 2. The van der Waals surface area contributed by atoms with Gasteiger partial charge in [-0.1, -0.05) is 0 Å². The number of aromatic nitrogens is 1. The Hall–Kier alpha value is -2.50. The Balaban J connectivity index is 1.79. The molecule has 1 aromatic heterocycles. The smallest absolute Gasteiger partial charge is 0.227 e. The molecule has 0 radical (unpaired) electrons. The molecule has 1 N–H and O–H groups in total. The average molecular weight is 315 g/mol. The van der Waals surface area contributed by atoms with Crippen LogP contribution in [-0.2, 0) is 16.0 Å². The first-order valence-electron chi connectivity index (χ1n) is 7.74. The van der Waals surface area contributed by atoms with Crippen LogP contribution < -0.4 is 4.74 Å². The lowest BCUT2D eigenvalue weighted by atomic mass is 10.1. The quantitative estimate of drug-likeness (QED) is 0.866. The predicted molar refractivity (Wildman–Crippen MR) is 87.5 cm³/mol. The summed E-state index contributed by atoms with van der Waals surface area (Å²) in [6.07, 6.45) is 1.21. The normalized spacial score (nSPS) is 15.0. The third-order valence-corrected chi connectivity index (χ3v) is 4.47. The molecule has 2 amide bonds. The van der Waals surface area contributed by atoms with E-state index in [0.29, 0.717) is 32.6 Å². The maximum Gasteiger partial charge on any atom is 0.227 e. The van der Waals surface area contributed by atoms with E-state index in [1.165, 1.54) is 0 Å². The lowest BCUT2D eigenvalue weighted by Gasteiger charge is -2.32. The second-order valence-electron chi connectivity index (χ2n) is 5.84. The molecule has 2 aromatic rings. The molecule has 23 heavy (non-hydrogen) atoms. The third kappa shape index (κ3) is 3.02. The fourth-order valence-electron chi connectivity index (χ4n) is 3.06. The van der Waals surface area contributed by atoms with Crippen LogP contribution in [0.2, 0.25) is 0 Å². The number of carbonyl (C=O) groups is 2. The fourth-order valence-corrected chi connectivity index (χ4v) is 3.06. The van der Waals surface area contributed by atoms with Crippen molar-refractivity contribution in [1.82, 2.24) is 14.8 Å². The minimum atomic E-state index is 0.0994. The van der Waals surface area contributed by atoms with Gasteiger partial charge in [-0.2, -0.15) is 0 Å². The highest BCUT2D eigenvalue weighted by Gasteiger charge is 2.22. The molecule has 0 aliphatic carbocycles. The van der Waals surface area contributed by atoms with Gasteiger partial charge in [0.25, 0.3) is 0 Å². The summed E-state index contributed by atoms with van der Waals surface area (Å²) in [7, 11) is 1.64. The molecule has 2 heterocycles. The van der Waals surface area contributed by atoms with Crippen molar-refractivity contribution < 1.29 is 14.3 Å². The number of aryl methyl sites for hydroxylation is 1. The number of amides is 2. The largest absolute Gasteiger partial charge is 0.497 e. The molecule has 0 bridgehead atoms. The number of aromatic amines is 1. The molecular weight excluding hydrogens is 294 g/mol. The minimum Gasteiger partial charge on any atom is -0.497 e. The number of carbonyl (C=O) groups excluding carboxylic acids is 2. The van der Waals surface area contributed by atoms with E-state index in [2.05, 4.69) is 4.98 Å². The molecule has 1 aromatic carbocycles. The van der Waals surface area contributed by atoms with E-state index >= 15 is 0 Å². The van der Waals surface area contributed by atoms with E-state index in [0.717, 1.165) is 34.3 Å². The molecule has 3 rings (SSSR count). The van der Waals surface area contributed by atoms with Crippen molar-refractivity contribution in [3.8, 4) is 5.75 Å². The van der Waals surface area contributed by atoms with Crippen molar-refractivity contribution in [2.24, 2.45) is 0 Å². The number of nitrogens with one attached hydrogen (secondary N) is 1. The number of ether oxygens (including phenoxy) is 1. The van der Waals surface area contributed by atoms with E-state index in [1.807, 2.05) is 30.0 Å². The molecule has 0 atom stereocenters. The number of rotatable bonds is 4. The number of hydrogen-bond acceptors (Lipinski definition) is 3. The second kappa shape index (κ2) is 6.32. The molecular formula is C17H21N3O3. The van der Waals surface area contributed by atoms with E-state index < -0.39 is 0 Å². The van der Waals surface area contributed by atoms with Gasteiger partial charge in [-0.3, -0.25) is 9.59 Å². The molecule has 122 valence electrons. The highest BCUT2D eigenvalue weighted by Crippen LogP contribution is 2.27. The van der Waals surface area contributed by atoms with Gasteiger partial charge in [-0.05, 0) is 30.7 Å². The van der Waals surface area contributed by atoms with Crippen molar-refractivity contribution in [2.45, 2.75) is 13.3 Å². The summed E-state index contributed by atoms with van der Waals surface area (Å²) in [6.45, 7) is 4.40. The summed E-state index contributed by atoms with van der Waals surface area (Å²) >= 11 is 0. The highest BCUT2D eigenvalue weighted by molar-refractivity contribution is 5.91. The number of benzene rings is 1. The zero-order valence-electron chi connectivity index (χ0n) is 13.5. The van der Waals surface area contributed by atoms with Crippen LogP contribution in [0.4, 0.5) is 0 Å². The summed E-state index contributed by atoms with van der Waals surface area (Å²) in [5.41, 5.74) is 3.03. The Labute approximate surface area is 135 Å². The summed E-state index contributed by atoms with van der Waals surface area (Å²) in [4.78, 5) is 30.2. The van der Waals surface area contributed by atoms with Crippen LogP contribution in [0.3, 0.4) is 0 Å². The number of methoxy groups -OCH3 is 1. The molecule has 1 aliphatic heterocycles. The van der Waals surface area contributed by atoms with Crippen molar-refractivity contribution in [2.75, 3.05) is 33.3 Å². The van der Waals surface area contributed by atoms with Gasteiger partial charge in [0.15, 0.2) is 0 Å². The first-order chi connectivity index (χ1) is 11.1. The Kier molecular flexibility index (Phi) is 4.23. The maximum atomic E-state index is 12.6. The van der Waals surface area contributed by atoms with Crippen molar-refractivity contribution >= 4 is 23.2 Å². The minimum absolute atomic E-state index is 0.0994. The van der Waals surface area contributed by atoms with E-state index in [1.54, 1.807) is 12.0 Å². The van der Waals surface area contributed by atoms with Crippen LogP contribution in [0.1, 0.15) is 11.3 Å². The van der Waals surface area contributed by atoms with Gasteiger partial charge >= 0.3 is 0 Å². The van der Waals surface area contributed by atoms with Crippen molar-refractivity contribution in [3.63, 3.8) is 0 Å². The molecule has 1 aliphatic rings. The van der Waals surface area contributed by atoms with Crippen LogP contribution in [0.25, 0.3) is 10.9 Å². The van der Waals surface area contributed by atoms with E-state index in [4.69, 9.17) is 4.74 Å². The number of piperazine rings is 1. The third-order valence-electron chi connectivity index (χ3n) is 4.47. The molecule has 1 saturated heterocycles. The van der Waals surface area contributed by atoms with E-state index in [9.17, 15) is 9.59 Å². The standard InChI is InChI=1S/C17H21N3O3/c1-12-14(15-9-13(23-2)3-4-16(15)18-12)10-17(22)20-7-5-19(11-21)6-8-20/h3-4,9,11,18H,5-8,10H2,1-2H3. The van der Waals surface area contributed by atoms with Gasteiger partial charge in [0.2, 0.25) is 12.3 Å². The molecule has 0 saturated carbocycles. The summed E-state index contributed by atoms with van der Waals surface area (Å²) in [5, 5.41) is 1.03. The summed E-state index contributed by atoms with van der Waals surface area (Å²) < 4.78 is 5.28. The summed E-state index contributed by atoms with van der Waals surface area (Å²) in [5.74, 6) is 0.882. The van der Waals surface area contributed by atoms with Crippen LogP contribution in [0.5, 0.6) is 5.75 Å². The SMILES string of the molecule is COc1ccc2[nH]c(C)c(CC(=O)N3CCN(C=O)CC3)c2c1. The predicted octanol–water partition coefficient (Wildman–Crippen LogP) is 1.33. The first kappa shape index (κ1) is 15.4. The molecule has 6 heteroatoms. The number of H-pyrrole nitrogens is 1. The molecule has 0 spiro atoms. The maximum absolute atomic E-state index is 12.6. The lowest BCUT2D eigenvalue weighted by Crippen LogP contribution is -2.48. The van der Waals surface area contributed by atoms with Crippen LogP contribution in [-0.4, -0.2) is 60.4 Å². The molecule has 1 fully saturated rings. The lowest BCUT2D eigenvalue weighted by molar-refractivity contribution is -0.134.